The van der Waals surface area contributed by atoms with Gasteiger partial charge in [0.05, 0.1) is 13.7 Å². The summed E-state index contributed by atoms with van der Waals surface area (Å²) in [6, 6.07) is 8.93. The SMILES string of the molecule is COC(=O)C(Cc1c[nH]c2ccccc12)NC(=O)CN(C)Cc1ccn[nH]1. The Balaban J connectivity index is 1.64. The Morgan fingerprint density at radius 3 is 2.85 bits per heavy atom. The van der Waals surface area contributed by atoms with Crippen molar-refractivity contribution in [1.82, 2.24) is 25.4 Å². The summed E-state index contributed by atoms with van der Waals surface area (Å²) in [6.45, 7) is 0.707. The van der Waals surface area contributed by atoms with Gasteiger partial charge in [0.15, 0.2) is 0 Å². The smallest absolute Gasteiger partial charge is 0.328 e. The van der Waals surface area contributed by atoms with Crippen molar-refractivity contribution in [2.24, 2.45) is 0 Å². The molecule has 2 aromatic heterocycles. The fourth-order valence-electron chi connectivity index (χ4n) is 3.06. The molecule has 1 unspecified atom stereocenters. The number of methoxy groups -OCH3 is 1. The molecule has 0 saturated carbocycles. The lowest BCUT2D eigenvalue weighted by Gasteiger charge is -2.19. The van der Waals surface area contributed by atoms with Crippen molar-refractivity contribution in [2.75, 3.05) is 20.7 Å². The number of fused-ring (bicyclic) bond motifs is 1. The van der Waals surface area contributed by atoms with Crippen LogP contribution >= 0.6 is 0 Å². The summed E-state index contributed by atoms with van der Waals surface area (Å²) < 4.78 is 4.87. The van der Waals surface area contributed by atoms with Crippen LogP contribution in [-0.4, -0.2) is 58.7 Å². The topological polar surface area (TPSA) is 103 Å². The minimum absolute atomic E-state index is 0.153. The van der Waals surface area contributed by atoms with Gasteiger partial charge in [0.1, 0.15) is 6.04 Å². The third-order valence-corrected chi connectivity index (χ3v) is 4.33. The maximum absolute atomic E-state index is 12.4. The van der Waals surface area contributed by atoms with Crippen molar-refractivity contribution >= 4 is 22.8 Å². The number of hydrogen-bond donors (Lipinski definition) is 3. The summed E-state index contributed by atoms with van der Waals surface area (Å²) in [5.41, 5.74) is 2.85. The van der Waals surface area contributed by atoms with Crippen LogP contribution in [0.5, 0.6) is 0 Å². The fourth-order valence-corrected chi connectivity index (χ4v) is 3.06. The molecule has 142 valence electrons. The highest BCUT2D eigenvalue weighted by atomic mass is 16.5. The number of aromatic nitrogens is 3. The van der Waals surface area contributed by atoms with Gasteiger partial charge in [-0.15, -0.1) is 0 Å². The van der Waals surface area contributed by atoms with Gasteiger partial charge in [0.2, 0.25) is 5.91 Å². The standard InChI is InChI=1S/C19H23N5O3/c1-24(11-14-7-8-21-23-14)12-18(25)22-17(19(26)27-2)9-13-10-20-16-6-4-3-5-15(13)16/h3-8,10,17,20H,9,11-12H2,1-2H3,(H,21,23)(H,22,25). The van der Waals surface area contributed by atoms with Crippen LogP contribution in [0, 0.1) is 0 Å². The van der Waals surface area contributed by atoms with E-state index in [2.05, 4.69) is 20.5 Å². The van der Waals surface area contributed by atoms with E-state index >= 15 is 0 Å². The summed E-state index contributed by atoms with van der Waals surface area (Å²) in [5.74, 6) is -0.711. The summed E-state index contributed by atoms with van der Waals surface area (Å²) in [6.07, 6.45) is 3.88. The molecule has 2 heterocycles. The highest BCUT2D eigenvalue weighted by molar-refractivity contribution is 5.87. The first-order chi connectivity index (χ1) is 13.1. The molecule has 0 aliphatic rings. The highest BCUT2D eigenvalue weighted by Gasteiger charge is 2.23. The fraction of sp³-hybridized carbons (Fsp3) is 0.316. The van der Waals surface area contributed by atoms with Gasteiger partial charge in [-0.3, -0.25) is 14.8 Å². The van der Waals surface area contributed by atoms with Gasteiger partial charge in [0, 0.05) is 42.0 Å². The van der Waals surface area contributed by atoms with Crippen LogP contribution in [0.1, 0.15) is 11.3 Å². The zero-order chi connectivity index (χ0) is 19.2. The molecule has 0 spiro atoms. The van der Waals surface area contributed by atoms with Gasteiger partial charge in [-0.05, 0) is 24.7 Å². The maximum Gasteiger partial charge on any atom is 0.328 e. The van der Waals surface area contributed by atoms with E-state index in [9.17, 15) is 9.59 Å². The summed E-state index contributed by atoms with van der Waals surface area (Å²) >= 11 is 0. The van der Waals surface area contributed by atoms with Gasteiger partial charge >= 0.3 is 5.97 Å². The van der Waals surface area contributed by atoms with E-state index in [1.54, 1.807) is 6.20 Å². The minimum Gasteiger partial charge on any atom is -0.467 e. The number of ether oxygens (including phenoxy) is 1. The predicted octanol–water partition coefficient (Wildman–Crippen LogP) is 1.22. The number of aromatic amines is 2. The molecule has 8 nitrogen and oxygen atoms in total. The molecule has 1 aromatic carbocycles. The van der Waals surface area contributed by atoms with Gasteiger partial charge in [-0.1, -0.05) is 18.2 Å². The first-order valence-corrected chi connectivity index (χ1v) is 8.66. The summed E-state index contributed by atoms with van der Waals surface area (Å²) in [7, 11) is 3.15. The van der Waals surface area contributed by atoms with E-state index in [0.717, 1.165) is 22.2 Å². The lowest BCUT2D eigenvalue weighted by molar-refractivity contribution is -0.145. The summed E-state index contributed by atoms with van der Waals surface area (Å²) in [5, 5.41) is 10.6. The first-order valence-electron chi connectivity index (χ1n) is 8.66. The minimum atomic E-state index is -0.748. The Bertz CT molecular complexity index is 903. The van der Waals surface area contributed by atoms with Crippen molar-refractivity contribution < 1.29 is 14.3 Å². The lowest BCUT2D eigenvalue weighted by Crippen LogP contribution is -2.46. The number of carbonyl (C=O) groups is 2. The molecular formula is C19H23N5O3. The number of H-pyrrole nitrogens is 2. The Morgan fingerprint density at radius 1 is 1.30 bits per heavy atom. The number of para-hydroxylation sites is 1. The molecule has 1 atom stereocenters. The molecule has 0 aliphatic carbocycles. The van der Waals surface area contributed by atoms with E-state index in [-0.39, 0.29) is 12.5 Å². The number of esters is 1. The molecule has 0 fully saturated rings. The van der Waals surface area contributed by atoms with Gasteiger partial charge in [-0.25, -0.2) is 4.79 Å². The largest absolute Gasteiger partial charge is 0.467 e. The van der Waals surface area contributed by atoms with Crippen LogP contribution in [-0.2, 0) is 27.3 Å². The third-order valence-electron chi connectivity index (χ3n) is 4.33. The Labute approximate surface area is 156 Å². The van der Waals surface area contributed by atoms with Crippen LogP contribution in [0.15, 0.2) is 42.7 Å². The number of carbonyl (C=O) groups excluding carboxylic acids is 2. The molecule has 0 aliphatic heterocycles. The van der Waals surface area contributed by atoms with E-state index < -0.39 is 12.0 Å². The van der Waals surface area contributed by atoms with E-state index in [1.165, 1.54) is 7.11 Å². The zero-order valence-corrected chi connectivity index (χ0v) is 15.4. The molecule has 0 radical (unpaired) electrons. The number of benzene rings is 1. The number of amides is 1. The molecule has 8 heteroatoms. The first kappa shape index (κ1) is 18.7. The van der Waals surface area contributed by atoms with Crippen molar-refractivity contribution in [3.8, 4) is 0 Å². The van der Waals surface area contributed by atoms with E-state index in [0.29, 0.717) is 13.0 Å². The molecule has 27 heavy (non-hydrogen) atoms. The second-order valence-corrected chi connectivity index (χ2v) is 6.46. The number of rotatable bonds is 8. The molecule has 3 aromatic rings. The van der Waals surface area contributed by atoms with E-state index in [1.807, 2.05) is 48.5 Å². The second kappa shape index (κ2) is 8.50. The van der Waals surface area contributed by atoms with Crippen LogP contribution < -0.4 is 5.32 Å². The molecule has 0 bridgehead atoms. The van der Waals surface area contributed by atoms with Crippen LogP contribution in [0.4, 0.5) is 0 Å². The number of likely N-dealkylation sites (N-methyl/N-ethyl adjacent to an activating group) is 1. The zero-order valence-electron chi connectivity index (χ0n) is 15.4. The maximum atomic E-state index is 12.4. The highest BCUT2D eigenvalue weighted by Crippen LogP contribution is 2.19. The van der Waals surface area contributed by atoms with Crippen LogP contribution in [0.3, 0.4) is 0 Å². The summed E-state index contributed by atoms with van der Waals surface area (Å²) in [4.78, 5) is 29.6. The molecule has 1 amide bonds. The van der Waals surface area contributed by atoms with Crippen LogP contribution in [0.25, 0.3) is 10.9 Å². The predicted molar refractivity (Wildman–Crippen MR) is 101 cm³/mol. The molecule has 3 rings (SSSR count). The monoisotopic (exact) mass is 369 g/mol. The normalized spacial score (nSPS) is 12.3. The van der Waals surface area contributed by atoms with Gasteiger partial charge in [-0.2, -0.15) is 5.10 Å². The average molecular weight is 369 g/mol. The van der Waals surface area contributed by atoms with Crippen molar-refractivity contribution in [1.29, 1.82) is 0 Å². The molecular weight excluding hydrogens is 346 g/mol. The average Bonchev–Trinajstić information content (AvgIpc) is 3.30. The van der Waals surface area contributed by atoms with Crippen molar-refractivity contribution in [2.45, 2.75) is 19.0 Å². The van der Waals surface area contributed by atoms with E-state index in [4.69, 9.17) is 4.74 Å². The van der Waals surface area contributed by atoms with Gasteiger partial charge in [0.25, 0.3) is 0 Å². The van der Waals surface area contributed by atoms with Crippen LogP contribution in [0.2, 0.25) is 0 Å². The Kier molecular flexibility index (Phi) is 5.87. The number of nitrogens with zero attached hydrogens (tertiary/aromatic N) is 2. The van der Waals surface area contributed by atoms with Crippen molar-refractivity contribution in [3.05, 3.63) is 54.0 Å². The van der Waals surface area contributed by atoms with Gasteiger partial charge < -0.3 is 15.0 Å². The molecule has 3 N–H and O–H groups in total. The second-order valence-electron chi connectivity index (χ2n) is 6.46. The third kappa shape index (κ3) is 4.73. The Hall–Kier alpha value is -3.13. The number of hydrogen-bond acceptors (Lipinski definition) is 5. The quantitative estimate of drug-likeness (QED) is 0.518. The Morgan fingerprint density at radius 2 is 2.11 bits per heavy atom. The lowest BCUT2D eigenvalue weighted by atomic mass is 10.0. The van der Waals surface area contributed by atoms with Crippen molar-refractivity contribution in [3.63, 3.8) is 0 Å². The number of nitrogens with one attached hydrogen (secondary N) is 3. The molecule has 0 saturated heterocycles.